The molecule has 1 rings (SSSR count). The van der Waals surface area contributed by atoms with Crippen LogP contribution in [0.15, 0.2) is 23.5 Å². The number of hydrogen-bond acceptors (Lipinski definition) is 2. The van der Waals surface area contributed by atoms with Crippen molar-refractivity contribution in [2.24, 2.45) is 0 Å². The Morgan fingerprint density at radius 3 is 2.50 bits per heavy atom. The summed E-state index contributed by atoms with van der Waals surface area (Å²) in [6, 6.07) is 0. The third-order valence-corrected chi connectivity index (χ3v) is 1.52. The van der Waals surface area contributed by atoms with Crippen LogP contribution in [0.2, 0.25) is 0 Å². The molecule has 0 saturated heterocycles. The molecule has 0 spiro atoms. The lowest BCUT2D eigenvalue weighted by Gasteiger charge is -1.93. The minimum atomic E-state index is 0.0417. The number of ether oxygens (including phenoxy) is 1. The monoisotopic (exact) mass is 138 g/mol. The highest BCUT2D eigenvalue weighted by molar-refractivity contribution is 5.98. The summed E-state index contributed by atoms with van der Waals surface area (Å²) >= 11 is 0. The summed E-state index contributed by atoms with van der Waals surface area (Å²) in [5.74, 6) is 0.748. The van der Waals surface area contributed by atoms with Crippen LogP contribution >= 0.6 is 0 Å². The Hall–Kier alpha value is -1.05. The van der Waals surface area contributed by atoms with Crippen molar-refractivity contribution in [3.8, 4) is 0 Å². The van der Waals surface area contributed by atoms with Gasteiger partial charge in [-0.05, 0) is 19.4 Å². The van der Waals surface area contributed by atoms with Crippen LogP contribution in [0.5, 0.6) is 0 Å². The lowest BCUT2D eigenvalue weighted by molar-refractivity contribution is -0.113. The fourth-order valence-corrected chi connectivity index (χ4v) is 1.09. The maximum atomic E-state index is 10.9. The zero-order chi connectivity index (χ0) is 7.72. The van der Waals surface area contributed by atoms with Crippen LogP contribution in [0.4, 0.5) is 0 Å². The van der Waals surface area contributed by atoms with Crippen molar-refractivity contribution in [1.29, 1.82) is 0 Å². The van der Waals surface area contributed by atoms with Crippen LogP contribution in [-0.2, 0) is 9.53 Å². The largest absolute Gasteiger partial charge is 0.493 e. The molecule has 1 heterocycles. The first-order chi connectivity index (χ1) is 4.63. The van der Waals surface area contributed by atoms with Gasteiger partial charge in [0.2, 0.25) is 0 Å². The molecule has 0 amide bonds. The van der Waals surface area contributed by atoms with Gasteiger partial charge in [-0.1, -0.05) is 6.58 Å². The maximum absolute atomic E-state index is 10.9. The van der Waals surface area contributed by atoms with Crippen LogP contribution in [0.3, 0.4) is 0 Å². The van der Waals surface area contributed by atoms with Crippen molar-refractivity contribution < 1.29 is 9.53 Å². The number of ketones is 1. The Morgan fingerprint density at radius 2 is 2.30 bits per heavy atom. The van der Waals surface area contributed by atoms with Crippen LogP contribution in [-0.4, -0.2) is 12.4 Å². The summed E-state index contributed by atoms with van der Waals surface area (Å²) in [7, 11) is 0. The number of carbonyl (C=O) groups is 1. The van der Waals surface area contributed by atoms with Gasteiger partial charge in [0.1, 0.15) is 12.4 Å². The van der Waals surface area contributed by atoms with Crippen molar-refractivity contribution in [2.45, 2.75) is 13.8 Å². The minimum Gasteiger partial charge on any atom is -0.493 e. The average Bonchev–Trinajstić information content (AvgIpc) is 2.11. The van der Waals surface area contributed by atoms with Crippen molar-refractivity contribution in [2.75, 3.05) is 6.61 Å². The summed E-state index contributed by atoms with van der Waals surface area (Å²) in [6.07, 6.45) is 0. The van der Waals surface area contributed by atoms with E-state index in [1.807, 2.05) is 0 Å². The van der Waals surface area contributed by atoms with E-state index in [2.05, 4.69) is 6.58 Å². The van der Waals surface area contributed by atoms with E-state index < -0.39 is 0 Å². The minimum absolute atomic E-state index is 0.0417. The number of allylic oxidation sites excluding steroid dienone is 1. The number of carbonyl (C=O) groups excluding carboxylic acids is 1. The predicted octanol–water partition coefficient (Wildman–Crippen LogP) is 1.44. The second kappa shape index (κ2) is 2.29. The molecule has 2 heteroatoms. The molecular formula is C8H10O2. The first-order valence-corrected chi connectivity index (χ1v) is 3.15. The van der Waals surface area contributed by atoms with E-state index in [1.54, 1.807) is 6.92 Å². The molecule has 1 aliphatic heterocycles. The zero-order valence-electron chi connectivity index (χ0n) is 6.23. The third kappa shape index (κ3) is 0.967. The molecule has 0 aromatic carbocycles. The molecule has 0 N–H and O–H groups in total. The molecule has 0 radical (unpaired) electrons. The van der Waals surface area contributed by atoms with Gasteiger partial charge in [0.15, 0.2) is 5.78 Å². The Kier molecular flexibility index (Phi) is 1.62. The van der Waals surface area contributed by atoms with E-state index in [0.717, 1.165) is 5.57 Å². The molecule has 0 bridgehead atoms. The zero-order valence-corrected chi connectivity index (χ0v) is 6.23. The predicted molar refractivity (Wildman–Crippen MR) is 38.5 cm³/mol. The third-order valence-electron chi connectivity index (χ3n) is 1.52. The summed E-state index contributed by atoms with van der Waals surface area (Å²) in [6.45, 7) is 7.49. The van der Waals surface area contributed by atoms with E-state index in [4.69, 9.17) is 4.74 Å². The molecule has 1 aliphatic rings. The standard InChI is InChI=1S/C8H10O2/c1-5-4-10-7(3)8(5)6(2)9/h1,4H2,2-3H3. The maximum Gasteiger partial charge on any atom is 0.163 e. The van der Waals surface area contributed by atoms with Crippen LogP contribution in [0.1, 0.15) is 13.8 Å². The molecule has 0 aromatic heterocycles. The molecular weight excluding hydrogens is 128 g/mol. The highest BCUT2D eigenvalue weighted by Crippen LogP contribution is 2.22. The molecule has 0 atom stereocenters. The van der Waals surface area contributed by atoms with Gasteiger partial charge in [-0.25, -0.2) is 0 Å². The van der Waals surface area contributed by atoms with Gasteiger partial charge in [-0.15, -0.1) is 0 Å². The Labute approximate surface area is 60.2 Å². The SMILES string of the molecule is C=C1COC(C)=C1C(C)=O. The van der Waals surface area contributed by atoms with Crippen LogP contribution < -0.4 is 0 Å². The summed E-state index contributed by atoms with van der Waals surface area (Å²) in [4.78, 5) is 10.9. The van der Waals surface area contributed by atoms with Gasteiger partial charge in [0, 0.05) is 0 Å². The van der Waals surface area contributed by atoms with Crippen molar-refractivity contribution in [1.82, 2.24) is 0 Å². The van der Waals surface area contributed by atoms with Crippen LogP contribution in [0.25, 0.3) is 0 Å². The molecule has 2 nitrogen and oxygen atoms in total. The molecule has 0 fully saturated rings. The Balaban J connectivity index is 2.99. The van der Waals surface area contributed by atoms with Crippen molar-refractivity contribution >= 4 is 5.78 Å². The lowest BCUT2D eigenvalue weighted by atomic mass is 10.1. The molecule has 0 aromatic rings. The highest BCUT2D eigenvalue weighted by Gasteiger charge is 2.19. The molecule has 0 saturated carbocycles. The van der Waals surface area contributed by atoms with E-state index >= 15 is 0 Å². The lowest BCUT2D eigenvalue weighted by Crippen LogP contribution is -1.97. The quantitative estimate of drug-likeness (QED) is 0.548. The number of hydrogen-bond donors (Lipinski definition) is 0. The summed E-state index contributed by atoms with van der Waals surface area (Å²) < 4.78 is 5.10. The first-order valence-electron chi connectivity index (χ1n) is 3.15. The smallest absolute Gasteiger partial charge is 0.163 e. The first kappa shape index (κ1) is 7.06. The molecule has 10 heavy (non-hydrogen) atoms. The van der Waals surface area contributed by atoms with Gasteiger partial charge >= 0.3 is 0 Å². The van der Waals surface area contributed by atoms with E-state index in [1.165, 1.54) is 6.92 Å². The fraction of sp³-hybridized carbons (Fsp3) is 0.375. The van der Waals surface area contributed by atoms with Crippen molar-refractivity contribution in [3.63, 3.8) is 0 Å². The summed E-state index contributed by atoms with van der Waals surface area (Å²) in [5, 5.41) is 0. The Bertz CT molecular complexity index is 223. The van der Waals surface area contributed by atoms with Gasteiger partial charge in [0.05, 0.1) is 5.57 Å². The average molecular weight is 138 g/mol. The van der Waals surface area contributed by atoms with Crippen molar-refractivity contribution in [3.05, 3.63) is 23.5 Å². The van der Waals surface area contributed by atoms with Gasteiger partial charge < -0.3 is 4.74 Å². The molecule has 0 unspecified atom stereocenters. The van der Waals surface area contributed by atoms with Crippen LogP contribution in [0, 0.1) is 0 Å². The second-order valence-corrected chi connectivity index (χ2v) is 2.38. The fourth-order valence-electron chi connectivity index (χ4n) is 1.09. The van der Waals surface area contributed by atoms with Gasteiger partial charge in [-0.3, -0.25) is 4.79 Å². The number of Topliss-reactive ketones (excluding diaryl/α,β-unsaturated/α-hetero) is 1. The molecule has 54 valence electrons. The van der Waals surface area contributed by atoms with E-state index in [-0.39, 0.29) is 5.78 Å². The summed E-state index contributed by atoms with van der Waals surface area (Å²) in [5.41, 5.74) is 1.46. The van der Waals surface area contributed by atoms with E-state index in [9.17, 15) is 4.79 Å². The highest BCUT2D eigenvalue weighted by atomic mass is 16.5. The topological polar surface area (TPSA) is 26.3 Å². The second-order valence-electron chi connectivity index (χ2n) is 2.38. The van der Waals surface area contributed by atoms with Gasteiger partial charge in [0.25, 0.3) is 0 Å². The van der Waals surface area contributed by atoms with Gasteiger partial charge in [-0.2, -0.15) is 0 Å². The number of rotatable bonds is 1. The molecule has 0 aliphatic carbocycles. The van der Waals surface area contributed by atoms with E-state index in [0.29, 0.717) is 17.9 Å². The normalized spacial score (nSPS) is 17.6. The Morgan fingerprint density at radius 1 is 1.70 bits per heavy atom.